The molecular formula is C26H24N2O5. The van der Waals surface area contributed by atoms with Crippen LogP contribution in [-0.4, -0.2) is 32.3 Å². The van der Waals surface area contributed by atoms with Crippen molar-refractivity contribution in [3.05, 3.63) is 95.2 Å². The zero-order valence-electron chi connectivity index (χ0n) is 18.2. The van der Waals surface area contributed by atoms with Crippen molar-refractivity contribution >= 4 is 17.9 Å². The summed E-state index contributed by atoms with van der Waals surface area (Å²) in [6, 6.07) is 21.8. The van der Waals surface area contributed by atoms with E-state index in [-0.39, 0.29) is 18.4 Å². The topological polar surface area (TPSA) is 85.9 Å². The molecule has 2 amide bonds. The van der Waals surface area contributed by atoms with Gasteiger partial charge in [0, 0.05) is 12.1 Å². The summed E-state index contributed by atoms with van der Waals surface area (Å²) < 4.78 is 15.9. The second-order valence-electron chi connectivity index (χ2n) is 7.34. The van der Waals surface area contributed by atoms with Crippen molar-refractivity contribution in [2.75, 3.05) is 20.4 Å². The van der Waals surface area contributed by atoms with Crippen LogP contribution in [0.1, 0.15) is 21.5 Å². The average molecular weight is 444 g/mol. The van der Waals surface area contributed by atoms with Crippen LogP contribution < -0.4 is 24.8 Å². The molecule has 7 heteroatoms. The SMILES string of the molecule is COc1ccc(C(=O)N/C(=C\c2ccc3c(c2)OCO3)C(=O)NCCc2ccccc2)cc1. The maximum atomic E-state index is 13.0. The number of methoxy groups -OCH3 is 1. The molecule has 4 rings (SSSR count). The molecule has 0 saturated carbocycles. The number of amides is 2. The van der Waals surface area contributed by atoms with Crippen LogP contribution >= 0.6 is 0 Å². The lowest BCUT2D eigenvalue weighted by molar-refractivity contribution is -0.117. The lowest BCUT2D eigenvalue weighted by atomic mass is 10.1. The van der Waals surface area contributed by atoms with Crippen molar-refractivity contribution < 1.29 is 23.8 Å². The van der Waals surface area contributed by atoms with Gasteiger partial charge < -0.3 is 24.8 Å². The maximum absolute atomic E-state index is 13.0. The number of ether oxygens (including phenoxy) is 3. The van der Waals surface area contributed by atoms with Gasteiger partial charge in [-0.3, -0.25) is 9.59 Å². The molecule has 0 radical (unpaired) electrons. The molecule has 0 spiro atoms. The normalized spacial score (nSPS) is 12.2. The Balaban J connectivity index is 1.51. The number of hydrogen-bond donors (Lipinski definition) is 2. The first-order valence-electron chi connectivity index (χ1n) is 10.5. The molecule has 0 unspecified atom stereocenters. The molecule has 3 aromatic rings. The molecule has 0 fully saturated rings. The number of carbonyl (C=O) groups is 2. The summed E-state index contributed by atoms with van der Waals surface area (Å²) in [5.74, 6) is 1.09. The van der Waals surface area contributed by atoms with Crippen LogP contribution in [0, 0.1) is 0 Å². The summed E-state index contributed by atoms with van der Waals surface area (Å²) in [5, 5.41) is 5.61. The Morgan fingerprint density at radius 1 is 0.970 bits per heavy atom. The van der Waals surface area contributed by atoms with Crippen LogP contribution in [0.3, 0.4) is 0 Å². The molecule has 7 nitrogen and oxygen atoms in total. The third-order valence-corrected chi connectivity index (χ3v) is 5.09. The summed E-state index contributed by atoms with van der Waals surface area (Å²) in [6.45, 7) is 0.587. The minimum atomic E-state index is -0.400. The summed E-state index contributed by atoms with van der Waals surface area (Å²) in [6.07, 6.45) is 2.29. The molecule has 0 aromatic heterocycles. The highest BCUT2D eigenvalue weighted by Crippen LogP contribution is 2.33. The van der Waals surface area contributed by atoms with Crippen LogP contribution in [0.2, 0.25) is 0 Å². The van der Waals surface area contributed by atoms with E-state index in [9.17, 15) is 9.59 Å². The maximum Gasteiger partial charge on any atom is 0.267 e. The first kappa shape index (κ1) is 22.0. The molecule has 0 aliphatic carbocycles. The Morgan fingerprint density at radius 3 is 2.48 bits per heavy atom. The number of benzene rings is 3. The number of carbonyl (C=O) groups excluding carboxylic acids is 2. The fourth-order valence-electron chi connectivity index (χ4n) is 3.33. The first-order valence-corrected chi connectivity index (χ1v) is 10.5. The largest absolute Gasteiger partial charge is 0.497 e. The third-order valence-electron chi connectivity index (χ3n) is 5.09. The highest BCUT2D eigenvalue weighted by molar-refractivity contribution is 6.05. The van der Waals surface area contributed by atoms with Crippen molar-refractivity contribution in [3.8, 4) is 17.2 Å². The van der Waals surface area contributed by atoms with Gasteiger partial charge in [0.15, 0.2) is 11.5 Å². The van der Waals surface area contributed by atoms with Gasteiger partial charge in [-0.15, -0.1) is 0 Å². The highest BCUT2D eigenvalue weighted by Gasteiger charge is 2.17. The molecule has 2 N–H and O–H groups in total. The van der Waals surface area contributed by atoms with Crippen LogP contribution in [0.5, 0.6) is 17.2 Å². The standard InChI is InChI=1S/C26H24N2O5/c1-31-21-10-8-20(9-11-21)25(29)28-22(15-19-7-12-23-24(16-19)33-17-32-23)26(30)27-14-13-18-5-3-2-4-6-18/h2-12,15-16H,13-14,17H2,1H3,(H,27,30)(H,28,29)/b22-15-. The van der Waals surface area contributed by atoms with Gasteiger partial charge in [0.1, 0.15) is 11.4 Å². The van der Waals surface area contributed by atoms with Gasteiger partial charge in [0.2, 0.25) is 6.79 Å². The number of rotatable bonds is 8. The molecular weight excluding hydrogens is 420 g/mol. The van der Waals surface area contributed by atoms with Gasteiger partial charge in [-0.2, -0.15) is 0 Å². The van der Waals surface area contributed by atoms with E-state index < -0.39 is 5.91 Å². The Kier molecular flexibility index (Phi) is 6.90. The second-order valence-corrected chi connectivity index (χ2v) is 7.34. The van der Waals surface area contributed by atoms with E-state index in [1.54, 1.807) is 55.7 Å². The van der Waals surface area contributed by atoms with Crippen molar-refractivity contribution in [1.29, 1.82) is 0 Å². The average Bonchev–Trinajstić information content (AvgIpc) is 3.32. The predicted molar refractivity (Wildman–Crippen MR) is 124 cm³/mol. The lowest BCUT2D eigenvalue weighted by Gasteiger charge is -2.12. The van der Waals surface area contributed by atoms with E-state index in [0.29, 0.717) is 41.3 Å². The van der Waals surface area contributed by atoms with Gasteiger partial charge in [-0.25, -0.2) is 0 Å². The fraction of sp³-hybridized carbons (Fsp3) is 0.154. The zero-order valence-corrected chi connectivity index (χ0v) is 18.2. The molecule has 1 aliphatic rings. The molecule has 0 saturated heterocycles. The van der Waals surface area contributed by atoms with Crippen molar-refractivity contribution in [2.45, 2.75) is 6.42 Å². The fourth-order valence-corrected chi connectivity index (χ4v) is 3.33. The molecule has 33 heavy (non-hydrogen) atoms. The molecule has 0 bridgehead atoms. The molecule has 1 heterocycles. The number of hydrogen-bond acceptors (Lipinski definition) is 5. The van der Waals surface area contributed by atoms with E-state index >= 15 is 0 Å². The minimum absolute atomic E-state index is 0.128. The lowest BCUT2D eigenvalue weighted by Crippen LogP contribution is -2.35. The van der Waals surface area contributed by atoms with Gasteiger partial charge in [-0.05, 0) is 60.0 Å². The zero-order chi connectivity index (χ0) is 23.0. The summed E-state index contributed by atoms with van der Waals surface area (Å²) in [4.78, 5) is 25.8. The van der Waals surface area contributed by atoms with Crippen molar-refractivity contribution in [2.24, 2.45) is 0 Å². The molecule has 0 atom stereocenters. The van der Waals surface area contributed by atoms with E-state index in [2.05, 4.69) is 10.6 Å². The highest BCUT2D eigenvalue weighted by atomic mass is 16.7. The van der Waals surface area contributed by atoms with E-state index in [1.165, 1.54) is 0 Å². The number of fused-ring (bicyclic) bond motifs is 1. The van der Waals surface area contributed by atoms with Crippen molar-refractivity contribution in [1.82, 2.24) is 10.6 Å². The Bertz CT molecular complexity index is 1160. The molecule has 168 valence electrons. The van der Waals surface area contributed by atoms with E-state index in [0.717, 1.165) is 5.56 Å². The van der Waals surface area contributed by atoms with Crippen LogP contribution in [-0.2, 0) is 11.2 Å². The molecule has 1 aliphatic heterocycles. The number of nitrogens with one attached hydrogen (secondary N) is 2. The van der Waals surface area contributed by atoms with Gasteiger partial charge in [0.25, 0.3) is 11.8 Å². The second kappa shape index (κ2) is 10.4. The van der Waals surface area contributed by atoms with Gasteiger partial charge in [-0.1, -0.05) is 36.4 Å². The van der Waals surface area contributed by atoms with Crippen LogP contribution in [0.4, 0.5) is 0 Å². The molecule has 3 aromatic carbocycles. The summed E-state index contributed by atoms with van der Waals surface area (Å²) >= 11 is 0. The Hall–Kier alpha value is -4.26. The Morgan fingerprint density at radius 2 is 1.73 bits per heavy atom. The van der Waals surface area contributed by atoms with Crippen molar-refractivity contribution in [3.63, 3.8) is 0 Å². The van der Waals surface area contributed by atoms with E-state index in [1.807, 2.05) is 30.3 Å². The Labute approximate surface area is 192 Å². The van der Waals surface area contributed by atoms with Crippen LogP contribution in [0.15, 0.2) is 78.5 Å². The summed E-state index contributed by atoms with van der Waals surface area (Å²) in [7, 11) is 1.56. The van der Waals surface area contributed by atoms with Gasteiger partial charge >= 0.3 is 0 Å². The monoisotopic (exact) mass is 444 g/mol. The first-order chi connectivity index (χ1) is 16.1. The van der Waals surface area contributed by atoms with Gasteiger partial charge in [0.05, 0.1) is 7.11 Å². The minimum Gasteiger partial charge on any atom is -0.497 e. The van der Waals surface area contributed by atoms with Crippen LogP contribution in [0.25, 0.3) is 6.08 Å². The third kappa shape index (κ3) is 5.71. The smallest absolute Gasteiger partial charge is 0.267 e. The predicted octanol–water partition coefficient (Wildman–Crippen LogP) is 3.55. The quantitative estimate of drug-likeness (QED) is 0.519. The summed E-state index contributed by atoms with van der Waals surface area (Å²) in [5.41, 5.74) is 2.34. The van der Waals surface area contributed by atoms with E-state index in [4.69, 9.17) is 14.2 Å².